The van der Waals surface area contributed by atoms with Crippen molar-refractivity contribution in [3.8, 4) is 5.75 Å². The van der Waals surface area contributed by atoms with Crippen molar-refractivity contribution in [2.45, 2.75) is 25.0 Å². The van der Waals surface area contributed by atoms with Crippen LogP contribution in [-0.4, -0.2) is 41.4 Å². The highest BCUT2D eigenvalue weighted by Gasteiger charge is 2.43. The van der Waals surface area contributed by atoms with Crippen LogP contribution in [0, 0.1) is 11.8 Å². The maximum Gasteiger partial charge on any atom is 0.134 e. The van der Waals surface area contributed by atoms with E-state index in [2.05, 4.69) is 22.5 Å². The van der Waals surface area contributed by atoms with Crippen LogP contribution >= 0.6 is 0 Å². The number of nitrogens with zero attached hydrogens (tertiary/aromatic N) is 2. The van der Waals surface area contributed by atoms with E-state index in [1.54, 1.807) is 13.3 Å². The van der Waals surface area contributed by atoms with Crippen molar-refractivity contribution >= 4 is 10.9 Å². The number of hydrogen-bond acceptors (Lipinski definition) is 5. The average molecular weight is 340 g/mol. The van der Waals surface area contributed by atoms with Crippen molar-refractivity contribution < 1.29 is 14.9 Å². The highest BCUT2D eigenvalue weighted by atomic mass is 17.1. The van der Waals surface area contributed by atoms with E-state index < -0.39 is 6.10 Å². The van der Waals surface area contributed by atoms with Crippen molar-refractivity contribution in [1.82, 2.24) is 9.88 Å². The molecule has 5 rings (SSSR count). The number of aromatic nitrogens is 1. The first-order valence-corrected chi connectivity index (χ1v) is 8.84. The summed E-state index contributed by atoms with van der Waals surface area (Å²) >= 11 is 0. The third-order valence-electron chi connectivity index (χ3n) is 5.91. The van der Waals surface area contributed by atoms with E-state index >= 15 is 0 Å². The van der Waals surface area contributed by atoms with E-state index in [0.717, 1.165) is 41.7 Å². The van der Waals surface area contributed by atoms with Gasteiger partial charge in [-0.25, -0.2) is 4.89 Å². The summed E-state index contributed by atoms with van der Waals surface area (Å²) in [6.07, 6.45) is 5.66. The molecule has 132 valence electrons. The summed E-state index contributed by atoms with van der Waals surface area (Å²) in [7, 11) is 1.65. The van der Waals surface area contributed by atoms with E-state index in [1.165, 1.54) is 6.42 Å². The fraction of sp³-hybridized carbons (Fsp3) is 0.450. The van der Waals surface area contributed by atoms with Gasteiger partial charge >= 0.3 is 0 Å². The molecule has 0 spiro atoms. The van der Waals surface area contributed by atoms with Crippen LogP contribution < -0.4 is 4.74 Å². The second-order valence-corrected chi connectivity index (χ2v) is 7.06. The van der Waals surface area contributed by atoms with Gasteiger partial charge in [0.15, 0.2) is 0 Å². The molecule has 4 heterocycles. The molecule has 5 heteroatoms. The van der Waals surface area contributed by atoms with Crippen molar-refractivity contribution in [1.29, 1.82) is 0 Å². The summed E-state index contributed by atoms with van der Waals surface area (Å²) in [5, 5.41) is 10.7. The number of pyridine rings is 1. The molecule has 3 saturated heterocycles. The molecule has 1 aromatic carbocycles. The van der Waals surface area contributed by atoms with Crippen LogP contribution in [0.2, 0.25) is 0 Å². The molecule has 25 heavy (non-hydrogen) atoms. The fourth-order valence-corrected chi connectivity index (χ4v) is 4.55. The molecular weight excluding hydrogens is 316 g/mol. The molecule has 0 aliphatic carbocycles. The molecule has 3 fully saturated rings. The number of piperidine rings is 3. The van der Waals surface area contributed by atoms with Gasteiger partial charge in [0.2, 0.25) is 0 Å². The highest BCUT2D eigenvalue weighted by molar-refractivity contribution is 5.84. The van der Waals surface area contributed by atoms with Crippen molar-refractivity contribution in [2.75, 3.05) is 20.2 Å². The summed E-state index contributed by atoms with van der Waals surface area (Å²) < 4.78 is 5.36. The van der Waals surface area contributed by atoms with Gasteiger partial charge in [-0.05, 0) is 61.1 Å². The minimum Gasteiger partial charge on any atom is -0.497 e. The first kappa shape index (κ1) is 16.5. The van der Waals surface area contributed by atoms with Gasteiger partial charge in [-0.15, -0.1) is 6.58 Å². The topological polar surface area (TPSA) is 54.8 Å². The van der Waals surface area contributed by atoms with Gasteiger partial charge in [0.1, 0.15) is 11.9 Å². The standard InChI is InChI=1S/C20H24N2O3/c1-3-13-12-22-9-7-14(13)10-19(22)20(25-23)16-6-8-21-18-5-4-15(24-2)11-17(16)18/h3-6,8,11,13-14,19-20,23H,1,7,9-10,12H2,2H3/t13-,14-,19-,20+/m0/s1. The summed E-state index contributed by atoms with van der Waals surface area (Å²) in [4.78, 5) is 11.9. The Kier molecular flexibility index (Phi) is 4.46. The average Bonchev–Trinajstić information content (AvgIpc) is 2.68. The zero-order valence-electron chi connectivity index (χ0n) is 14.5. The Bertz CT molecular complexity index is 779. The van der Waals surface area contributed by atoms with Crippen LogP contribution in [0.25, 0.3) is 10.9 Å². The zero-order valence-corrected chi connectivity index (χ0v) is 14.5. The van der Waals surface area contributed by atoms with E-state index in [4.69, 9.17) is 9.62 Å². The molecule has 5 nitrogen and oxygen atoms in total. The Hall–Kier alpha value is -1.95. The van der Waals surface area contributed by atoms with Gasteiger partial charge in [-0.3, -0.25) is 15.1 Å². The predicted octanol–water partition coefficient (Wildman–Crippen LogP) is 3.67. The Morgan fingerprint density at radius 3 is 2.96 bits per heavy atom. The summed E-state index contributed by atoms with van der Waals surface area (Å²) in [6, 6.07) is 7.91. The molecule has 0 saturated carbocycles. The Balaban J connectivity index is 1.72. The normalized spacial score (nSPS) is 29.5. The summed E-state index contributed by atoms with van der Waals surface area (Å²) in [5.41, 5.74) is 1.83. The lowest BCUT2D eigenvalue weighted by molar-refractivity contribution is -0.300. The molecule has 1 unspecified atom stereocenters. The van der Waals surface area contributed by atoms with Gasteiger partial charge in [0.25, 0.3) is 0 Å². The van der Waals surface area contributed by atoms with E-state index in [0.29, 0.717) is 11.8 Å². The van der Waals surface area contributed by atoms with E-state index in [9.17, 15) is 5.26 Å². The Morgan fingerprint density at radius 2 is 2.28 bits per heavy atom. The van der Waals surface area contributed by atoms with Crippen LogP contribution in [0.15, 0.2) is 43.1 Å². The lowest BCUT2D eigenvalue weighted by Crippen LogP contribution is -2.55. The SMILES string of the molecule is C=C[C@H]1CN2CC[C@H]1C[C@H]2[C@H](OO)c1ccnc2ccc(OC)cc12. The first-order chi connectivity index (χ1) is 12.2. The quantitative estimate of drug-likeness (QED) is 0.511. The van der Waals surface area contributed by atoms with Gasteiger partial charge in [0, 0.05) is 24.2 Å². The lowest BCUT2D eigenvalue weighted by Gasteiger charge is -2.50. The second kappa shape index (κ2) is 6.75. The summed E-state index contributed by atoms with van der Waals surface area (Å²) in [6.45, 7) is 6.02. The molecule has 0 amide bonds. The fourth-order valence-electron chi connectivity index (χ4n) is 4.55. The van der Waals surface area contributed by atoms with Crippen LogP contribution in [0.1, 0.15) is 24.5 Å². The minimum absolute atomic E-state index is 0.164. The number of rotatable bonds is 5. The molecule has 1 N–H and O–H groups in total. The smallest absolute Gasteiger partial charge is 0.134 e. The molecule has 2 bridgehead atoms. The van der Waals surface area contributed by atoms with Crippen molar-refractivity contribution in [2.24, 2.45) is 11.8 Å². The molecule has 0 radical (unpaired) electrons. The molecule has 2 aromatic rings. The Morgan fingerprint density at radius 1 is 1.40 bits per heavy atom. The third-order valence-corrected chi connectivity index (χ3v) is 5.91. The predicted molar refractivity (Wildman–Crippen MR) is 96.5 cm³/mol. The van der Waals surface area contributed by atoms with Gasteiger partial charge in [0.05, 0.1) is 12.6 Å². The van der Waals surface area contributed by atoms with Crippen LogP contribution in [0.4, 0.5) is 0 Å². The minimum atomic E-state index is -0.397. The van der Waals surface area contributed by atoms with Crippen molar-refractivity contribution in [3.63, 3.8) is 0 Å². The zero-order chi connectivity index (χ0) is 17.4. The molecular formula is C20H24N2O3. The van der Waals surface area contributed by atoms with Crippen LogP contribution in [0.3, 0.4) is 0 Å². The monoisotopic (exact) mass is 340 g/mol. The number of fused-ring (bicyclic) bond motifs is 4. The lowest BCUT2D eigenvalue weighted by atomic mass is 9.73. The number of hydrogen-bond donors (Lipinski definition) is 1. The molecule has 5 atom stereocenters. The molecule has 3 aliphatic heterocycles. The second-order valence-electron chi connectivity index (χ2n) is 7.06. The summed E-state index contributed by atoms with van der Waals surface area (Å²) in [5.74, 6) is 1.93. The van der Waals surface area contributed by atoms with Crippen LogP contribution in [0.5, 0.6) is 5.75 Å². The number of ether oxygens (including phenoxy) is 1. The first-order valence-electron chi connectivity index (χ1n) is 8.84. The molecule has 1 aromatic heterocycles. The Labute approximate surface area is 147 Å². The number of methoxy groups -OCH3 is 1. The number of benzene rings is 1. The van der Waals surface area contributed by atoms with E-state index in [-0.39, 0.29) is 6.04 Å². The maximum atomic E-state index is 9.77. The third kappa shape index (κ3) is 2.82. The van der Waals surface area contributed by atoms with Crippen LogP contribution in [-0.2, 0) is 4.89 Å². The molecule has 3 aliphatic rings. The van der Waals surface area contributed by atoms with Gasteiger partial charge < -0.3 is 4.74 Å². The maximum absolute atomic E-state index is 9.77. The van der Waals surface area contributed by atoms with Gasteiger partial charge in [-0.2, -0.15) is 0 Å². The van der Waals surface area contributed by atoms with E-state index in [1.807, 2.05) is 24.3 Å². The highest BCUT2D eigenvalue weighted by Crippen LogP contribution is 2.43. The van der Waals surface area contributed by atoms with Crippen molar-refractivity contribution in [3.05, 3.63) is 48.7 Å². The van der Waals surface area contributed by atoms with Gasteiger partial charge in [-0.1, -0.05) is 6.08 Å². The largest absolute Gasteiger partial charge is 0.497 e.